The number of hydrogen-bond acceptors (Lipinski definition) is 0. The van der Waals surface area contributed by atoms with Crippen molar-refractivity contribution in [3.8, 4) is 0 Å². The fourth-order valence-corrected chi connectivity index (χ4v) is 5.11. The van der Waals surface area contributed by atoms with Crippen LogP contribution in [0.25, 0.3) is 21.5 Å². The number of fused-ring (bicyclic) bond motifs is 2. The Labute approximate surface area is 232 Å². The molecule has 0 nitrogen and oxygen atoms in total. The molecule has 6 rings (SSSR count). The van der Waals surface area contributed by atoms with Crippen molar-refractivity contribution in [3.63, 3.8) is 0 Å². The van der Waals surface area contributed by atoms with E-state index in [1.54, 1.807) is 0 Å². The fourth-order valence-electron chi connectivity index (χ4n) is 5.11. The Hall–Kier alpha value is -2.44. The average Bonchev–Trinajstić information content (AvgIpc) is 3.46. The van der Waals surface area contributed by atoms with Crippen molar-refractivity contribution < 1.29 is 51.0 Å². The molecule has 6 aromatic carbocycles. The van der Waals surface area contributed by atoms with Crippen LogP contribution in [-0.2, 0) is 31.6 Å². The molecule has 0 bridgehead atoms. The van der Waals surface area contributed by atoms with Crippen LogP contribution in [0.2, 0.25) is 0 Å². The SMILES string of the molecule is [Cl-].[Cl-].[Zr+4].c1ccc(C(c2ccccc2)(c2cc3ccccc3[cH-]2)c2cc3ccccc3[cH-]2)cc1. The predicted molar refractivity (Wildman–Crippen MR) is 131 cm³/mol. The van der Waals surface area contributed by atoms with Gasteiger partial charge >= 0.3 is 26.2 Å². The Morgan fingerprint density at radius 1 is 0.441 bits per heavy atom. The molecule has 0 radical (unpaired) electrons. The van der Waals surface area contributed by atoms with E-state index < -0.39 is 0 Å². The second-order valence-electron chi connectivity index (χ2n) is 8.23. The summed E-state index contributed by atoms with van der Waals surface area (Å²) in [6.45, 7) is 0. The molecule has 0 saturated heterocycles. The third kappa shape index (κ3) is 4.22. The average molecular weight is 557 g/mol. The van der Waals surface area contributed by atoms with E-state index in [9.17, 15) is 0 Å². The smallest absolute Gasteiger partial charge is 1.00 e. The van der Waals surface area contributed by atoms with E-state index in [1.165, 1.54) is 43.8 Å². The third-order valence-corrected chi connectivity index (χ3v) is 6.52. The van der Waals surface area contributed by atoms with Crippen LogP contribution >= 0.6 is 0 Å². The number of hydrogen-bond donors (Lipinski definition) is 0. The Bertz CT molecular complexity index is 1300. The van der Waals surface area contributed by atoms with E-state index in [4.69, 9.17) is 0 Å². The maximum atomic E-state index is 2.37. The van der Waals surface area contributed by atoms with Crippen LogP contribution in [0, 0.1) is 0 Å². The molecule has 164 valence electrons. The van der Waals surface area contributed by atoms with Gasteiger partial charge in [-0.05, 0) is 11.1 Å². The Morgan fingerprint density at radius 2 is 0.794 bits per heavy atom. The zero-order chi connectivity index (χ0) is 20.7. The summed E-state index contributed by atoms with van der Waals surface area (Å²) in [6, 6.07) is 48.7. The molecular formula is C31H22Cl2Zr. The third-order valence-electron chi connectivity index (χ3n) is 6.52. The van der Waals surface area contributed by atoms with Crippen molar-refractivity contribution in [2.45, 2.75) is 5.41 Å². The molecule has 3 heteroatoms. The van der Waals surface area contributed by atoms with Crippen molar-refractivity contribution in [3.05, 3.63) is 156 Å². The Kier molecular flexibility index (Phi) is 8.37. The summed E-state index contributed by atoms with van der Waals surface area (Å²) < 4.78 is 0. The van der Waals surface area contributed by atoms with E-state index in [0.717, 1.165) is 0 Å². The maximum absolute atomic E-state index is 2.37. The van der Waals surface area contributed by atoms with Crippen molar-refractivity contribution in [1.29, 1.82) is 0 Å². The van der Waals surface area contributed by atoms with Crippen molar-refractivity contribution in [1.82, 2.24) is 0 Å². The fraction of sp³-hybridized carbons (Fsp3) is 0.0323. The zero-order valence-electron chi connectivity index (χ0n) is 18.5. The molecule has 0 heterocycles. The van der Waals surface area contributed by atoms with Crippen LogP contribution < -0.4 is 24.8 Å². The quantitative estimate of drug-likeness (QED) is 0.291. The molecule has 0 unspecified atom stereocenters. The monoisotopic (exact) mass is 554 g/mol. The molecule has 0 aliphatic carbocycles. The van der Waals surface area contributed by atoms with E-state index in [-0.39, 0.29) is 56.4 Å². The van der Waals surface area contributed by atoms with E-state index in [1.807, 2.05) is 0 Å². The Morgan fingerprint density at radius 3 is 1.18 bits per heavy atom. The summed E-state index contributed by atoms with van der Waals surface area (Å²) in [6.07, 6.45) is 0. The molecule has 0 N–H and O–H groups in total. The van der Waals surface area contributed by atoms with Crippen LogP contribution in [0.1, 0.15) is 22.3 Å². The van der Waals surface area contributed by atoms with Gasteiger partial charge in [-0.1, -0.05) is 72.8 Å². The summed E-state index contributed by atoms with van der Waals surface area (Å²) in [5.41, 5.74) is 4.79. The minimum Gasteiger partial charge on any atom is -1.00 e. The van der Waals surface area contributed by atoms with Gasteiger partial charge in [-0.15, -0.1) is 81.2 Å². The molecular weight excluding hydrogens is 534 g/mol. The van der Waals surface area contributed by atoms with Crippen LogP contribution in [-0.4, -0.2) is 0 Å². The minimum atomic E-state index is -0.388. The first-order chi connectivity index (χ1) is 15.4. The van der Waals surface area contributed by atoms with Crippen LogP contribution in [0.15, 0.2) is 133 Å². The van der Waals surface area contributed by atoms with E-state index in [0.29, 0.717) is 0 Å². The van der Waals surface area contributed by atoms with Gasteiger partial charge in [0.05, 0.1) is 0 Å². The number of rotatable bonds is 4. The number of benzene rings is 4. The van der Waals surface area contributed by atoms with E-state index >= 15 is 0 Å². The van der Waals surface area contributed by atoms with Gasteiger partial charge < -0.3 is 24.8 Å². The van der Waals surface area contributed by atoms with Crippen LogP contribution in [0.4, 0.5) is 0 Å². The zero-order valence-corrected chi connectivity index (χ0v) is 22.4. The first kappa shape index (κ1) is 26.2. The second-order valence-corrected chi connectivity index (χ2v) is 8.23. The number of halogens is 2. The summed E-state index contributed by atoms with van der Waals surface area (Å²) in [5, 5.41) is 5.13. The molecule has 0 aliphatic heterocycles. The standard InChI is InChI=1S/C31H22.2ClH.Zr/c1-3-15-27(16-4-1)31(28-17-5-2-6-18-28,29-19-23-11-7-8-12-24(23)20-29)30-21-25-13-9-10-14-26(25)22-30;;;/h1-22H;2*1H;/q-2;;;+4/p-2. The first-order valence-corrected chi connectivity index (χ1v) is 10.8. The van der Waals surface area contributed by atoms with Gasteiger partial charge in [-0.2, -0.15) is 12.1 Å². The molecule has 0 atom stereocenters. The van der Waals surface area contributed by atoms with Gasteiger partial charge in [0.15, 0.2) is 0 Å². The minimum absolute atomic E-state index is 0. The summed E-state index contributed by atoms with van der Waals surface area (Å²) in [4.78, 5) is 0. The Balaban J connectivity index is 0.00000108. The van der Waals surface area contributed by atoms with Crippen molar-refractivity contribution in [2.75, 3.05) is 0 Å². The molecule has 0 aliphatic rings. The molecule has 34 heavy (non-hydrogen) atoms. The predicted octanol–water partition coefficient (Wildman–Crippen LogP) is 1.82. The first-order valence-electron chi connectivity index (χ1n) is 10.8. The molecule has 0 amide bonds. The normalized spacial score (nSPS) is 10.8. The maximum Gasteiger partial charge on any atom is 4.00 e. The molecule has 6 aromatic rings. The van der Waals surface area contributed by atoms with Crippen LogP contribution in [0.5, 0.6) is 0 Å². The summed E-state index contributed by atoms with van der Waals surface area (Å²) >= 11 is 0. The van der Waals surface area contributed by atoms with Gasteiger partial charge in [0.2, 0.25) is 0 Å². The van der Waals surface area contributed by atoms with E-state index in [2.05, 4.69) is 133 Å². The van der Waals surface area contributed by atoms with Crippen molar-refractivity contribution >= 4 is 21.5 Å². The summed E-state index contributed by atoms with van der Waals surface area (Å²) in [7, 11) is 0. The van der Waals surface area contributed by atoms with Gasteiger partial charge in [-0.3, -0.25) is 0 Å². The van der Waals surface area contributed by atoms with Gasteiger partial charge in [0.1, 0.15) is 0 Å². The molecule has 0 fully saturated rings. The molecule has 0 saturated carbocycles. The van der Waals surface area contributed by atoms with Gasteiger partial charge in [0.25, 0.3) is 0 Å². The van der Waals surface area contributed by atoms with Gasteiger partial charge in [-0.25, -0.2) is 0 Å². The topological polar surface area (TPSA) is 0 Å². The largest absolute Gasteiger partial charge is 4.00 e. The summed E-state index contributed by atoms with van der Waals surface area (Å²) in [5.74, 6) is 0. The molecule has 0 spiro atoms. The molecule has 0 aromatic heterocycles. The second kappa shape index (κ2) is 10.9. The van der Waals surface area contributed by atoms with Crippen LogP contribution in [0.3, 0.4) is 0 Å². The van der Waals surface area contributed by atoms with Gasteiger partial charge in [0, 0.05) is 5.41 Å². The van der Waals surface area contributed by atoms with Crippen molar-refractivity contribution in [2.24, 2.45) is 0 Å².